The van der Waals surface area contributed by atoms with Crippen LogP contribution in [-0.4, -0.2) is 22.1 Å². The molecule has 4 nitrogen and oxygen atoms in total. The first-order valence-corrected chi connectivity index (χ1v) is 3.79. The number of rotatable bonds is 3. The standard InChI is InChI=1S/C7H7F3N2O2/c1-4(13)6-11-5(12-14-6)2-3-7(8,9)10/h2-3H2,1H3. The lowest BCUT2D eigenvalue weighted by Crippen LogP contribution is -2.09. The fraction of sp³-hybridized carbons (Fsp3) is 0.571. The van der Waals surface area contributed by atoms with E-state index < -0.39 is 18.4 Å². The lowest BCUT2D eigenvalue weighted by molar-refractivity contribution is -0.134. The van der Waals surface area contributed by atoms with Crippen molar-refractivity contribution >= 4 is 5.78 Å². The predicted octanol–water partition coefficient (Wildman–Crippen LogP) is 1.77. The molecule has 0 spiro atoms. The summed E-state index contributed by atoms with van der Waals surface area (Å²) in [5.74, 6) is -0.828. The number of aromatic nitrogens is 2. The van der Waals surface area contributed by atoms with Gasteiger partial charge in [0.1, 0.15) is 0 Å². The molecule has 0 aliphatic heterocycles. The molecule has 0 N–H and O–H groups in total. The van der Waals surface area contributed by atoms with Crippen molar-refractivity contribution in [2.24, 2.45) is 0 Å². The summed E-state index contributed by atoms with van der Waals surface area (Å²) >= 11 is 0. The van der Waals surface area contributed by atoms with Crippen LogP contribution >= 0.6 is 0 Å². The fourth-order valence-electron chi connectivity index (χ4n) is 0.752. The van der Waals surface area contributed by atoms with Crippen LogP contribution in [0.5, 0.6) is 0 Å². The third-order valence-electron chi connectivity index (χ3n) is 1.40. The number of ketones is 1. The van der Waals surface area contributed by atoms with Crippen LogP contribution in [0, 0.1) is 0 Å². The number of alkyl halides is 3. The topological polar surface area (TPSA) is 56.0 Å². The Bertz CT molecular complexity index is 332. The lowest BCUT2D eigenvalue weighted by Gasteiger charge is -2.01. The summed E-state index contributed by atoms with van der Waals surface area (Å²) in [4.78, 5) is 14.1. The second-order valence-corrected chi connectivity index (χ2v) is 2.69. The van der Waals surface area contributed by atoms with Gasteiger partial charge < -0.3 is 4.52 Å². The van der Waals surface area contributed by atoms with Gasteiger partial charge in [-0.15, -0.1) is 0 Å². The molecule has 0 saturated heterocycles. The van der Waals surface area contributed by atoms with E-state index >= 15 is 0 Å². The summed E-state index contributed by atoms with van der Waals surface area (Å²) in [6, 6.07) is 0. The molecule has 1 rings (SSSR count). The summed E-state index contributed by atoms with van der Waals surface area (Å²) in [5.41, 5.74) is 0. The van der Waals surface area contributed by atoms with Gasteiger partial charge in [-0.2, -0.15) is 18.2 Å². The Morgan fingerprint density at radius 2 is 2.14 bits per heavy atom. The first-order chi connectivity index (χ1) is 6.38. The van der Waals surface area contributed by atoms with Crippen LogP contribution in [0.2, 0.25) is 0 Å². The SMILES string of the molecule is CC(=O)c1nc(CCC(F)(F)F)no1. The second-order valence-electron chi connectivity index (χ2n) is 2.69. The van der Waals surface area contributed by atoms with Crippen LogP contribution in [-0.2, 0) is 6.42 Å². The van der Waals surface area contributed by atoms with Crippen molar-refractivity contribution in [2.45, 2.75) is 25.9 Å². The van der Waals surface area contributed by atoms with Crippen LogP contribution < -0.4 is 0 Å². The zero-order valence-electron chi connectivity index (χ0n) is 7.26. The highest BCUT2D eigenvalue weighted by atomic mass is 19.4. The number of halogens is 3. The van der Waals surface area contributed by atoms with Crippen LogP contribution in [0.3, 0.4) is 0 Å². The molecule has 1 heterocycles. The Morgan fingerprint density at radius 1 is 1.50 bits per heavy atom. The molecule has 0 aliphatic rings. The number of aryl methyl sites for hydroxylation is 1. The average molecular weight is 208 g/mol. The average Bonchev–Trinajstić information content (AvgIpc) is 2.47. The van der Waals surface area contributed by atoms with Gasteiger partial charge in [0.25, 0.3) is 5.89 Å². The Hall–Kier alpha value is -1.40. The van der Waals surface area contributed by atoms with E-state index in [1.165, 1.54) is 6.92 Å². The number of Topliss-reactive ketones (excluding diaryl/α,β-unsaturated/α-hetero) is 1. The number of hydrogen-bond acceptors (Lipinski definition) is 4. The van der Waals surface area contributed by atoms with E-state index in [2.05, 4.69) is 14.7 Å². The molecule has 0 fully saturated rings. The van der Waals surface area contributed by atoms with E-state index in [1.807, 2.05) is 0 Å². The van der Waals surface area contributed by atoms with E-state index in [-0.39, 0.29) is 18.1 Å². The van der Waals surface area contributed by atoms with Crippen LogP contribution in [0.1, 0.15) is 29.9 Å². The summed E-state index contributed by atoms with van der Waals surface area (Å²) in [6.45, 7) is 1.20. The molecule has 0 atom stereocenters. The van der Waals surface area contributed by atoms with Gasteiger partial charge in [-0.05, 0) is 0 Å². The van der Waals surface area contributed by atoms with Crippen molar-refractivity contribution in [1.82, 2.24) is 10.1 Å². The van der Waals surface area contributed by atoms with Gasteiger partial charge in [-0.3, -0.25) is 4.79 Å². The molecule has 1 aromatic heterocycles. The molecule has 78 valence electrons. The molecule has 0 aliphatic carbocycles. The summed E-state index contributed by atoms with van der Waals surface area (Å²) < 4.78 is 39.7. The minimum Gasteiger partial charge on any atom is -0.331 e. The highest BCUT2D eigenvalue weighted by Crippen LogP contribution is 2.21. The van der Waals surface area contributed by atoms with Crippen molar-refractivity contribution in [3.05, 3.63) is 11.7 Å². The molecule has 0 aromatic carbocycles. The lowest BCUT2D eigenvalue weighted by atomic mass is 10.3. The van der Waals surface area contributed by atoms with Crippen LogP contribution in [0.15, 0.2) is 4.52 Å². The highest BCUT2D eigenvalue weighted by Gasteiger charge is 2.27. The monoisotopic (exact) mass is 208 g/mol. The normalized spacial score (nSPS) is 11.7. The van der Waals surface area contributed by atoms with Gasteiger partial charge in [-0.25, -0.2) is 0 Å². The molecular formula is C7H7F3N2O2. The van der Waals surface area contributed by atoms with E-state index in [9.17, 15) is 18.0 Å². The molecule has 0 amide bonds. The van der Waals surface area contributed by atoms with Crippen molar-refractivity contribution in [3.63, 3.8) is 0 Å². The van der Waals surface area contributed by atoms with Crippen molar-refractivity contribution in [2.75, 3.05) is 0 Å². The van der Waals surface area contributed by atoms with Gasteiger partial charge >= 0.3 is 6.18 Å². The number of nitrogens with zero attached hydrogens (tertiary/aromatic N) is 2. The van der Waals surface area contributed by atoms with E-state index in [4.69, 9.17) is 0 Å². The van der Waals surface area contributed by atoms with E-state index in [1.54, 1.807) is 0 Å². The zero-order valence-corrected chi connectivity index (χ0v) is 7.26. The second kappa shape index (κ2) is 3.77. The first-order valence-electron chi connectivity index (χ1n) is 3.79. The summed E-state index contributed by atoms with van der Waals surface area (Å²) in [6.07, 6.45) is -5.65. The molecule has 7 heteroatoms. The van der Waals surface area contributed by atoms with Gasteiger partial charge in [0.05, 0.1) is 6.42 Å². The number of hydrogen-bond donors (Lipinski definition) is 0. The molecule has 1 aromatic rings. The molecule has 0 saturated carbocycles. The molecule has 0 radical (unpaired) electrons. The summed E-state index contributed by atoms with van der Waals surface area (Å²) in [5, 5.41) is 3.23. The minimum absolute atomic E-state index is 0.104. The molecule has 0 bridgehead atoms. The van der Waals surface area contributed by atoms with Gasteiger partial charge in [-0.1, -0.05) is 5.16 Å². The molecule has 14 heavy (non-hydrogen) atoms. The quantitative estimate of drug-likeness (QED) is 0.710. The van der Waals surface area contributed by atoms with Crippen LogP contribution in [0.25, 0.3) is 0 Å². The Morgan fingerprint density at radius 3 is 2.57 bits per heavy atom. The molecule has 0 unspecified atom stereocenters. The zero-order chi connectivity index (χ0) is 10.8. The third-order valence-corrected chi connectivity index (χ3v) is 1.40. The Labute approximate surface area is 77.1 Å². The molecular weight excluding hydrogens is 201 g/mol. The maximum absolute atomic E-state index is 11.8. The number of carbonyl (C=O) groups is 1. The third kappa shape index (κ3) is 3.15. The van der Waals surface area contributed by atoms with Gasteiger partial charge in [0, 0.05) is 13.3 Å². The highest BCUT2D eigenvalue weighted by molar-refractivity contribution is 5.89. The maximum Gasteiger partial charge on any atom is 0.389 e. The van der Waals surface area contributed by atoms with Crippen molar-refractivity contribution in [1.29, 1.82) is 0 Å². The maximum atomic E-state index is 11.8. The first kappa shape index (κ1) is 10.7. The van der Waals surface area contributed by atoms with Crippen LogP contribution in [0.4, 0.5) is 13.2 Å². The van der Waals surface area contributed by atoms with E-state index in [0.29, 0.717) is 0 Å². The largest absolute Gasteiger partial charge is 0.389 e. The van der Waals surface area contributed by atoms with Crippen molar-refractivity contribution < 1.29 is 22.5 Å². The van der Waals surface area contributed by atoms with Gasteiger partial charge in [0.2, 0.25) is 5.78 Å². The van der Waals surface area contributed by atoms with Crippen molar-refractivity contribution in [3.8, 4) is 0 Å². The van der Waals surface area contributed by atoms with Gasteiger partial charge in [0.15, 0.2) is 5.82 Å². The predicted molar refractivity (Wildman–Crippen MR) is 38.7 cm³/mol. The smallest absolute Gasteiger partial charge is 0.331 e. The van der Waals surface area contributed by atoms with E-state index in [0.717, 1.165) is 0 Å². The fourth-order valence-corrected chi connectivity index (χ4v) is 0.752. The summed E-state index contributed by atoms with van der Waals surface area (Å²) in [7, 11) is 0. The number of carbonyl (C=O) groups excluding carboxylic acids is 1. The minimum atomic E-state index is -4.25. The Balaban J connectivity index is 2.56. The Kier molecular flexibility index (Phi) is 2.87.